The first-order chi connectivity index (χ1) is 4.74. The van der Waals surface area contributed by atoms with Crippen LogP contribution in [0.4, 0.5) is 5.82 Å². The lowest BCUT2D eigenvalue weighted by atomic mass is 10.6. The maximum Gasteiger partial charge on any atom is 0.296 e. The molecule has 56 valence electrons. The maximum absolute atomic E-state index is 5.52. The van der Waals surface area contributed by atoms with E-state index in [1.165, 1.54) is 0 Å². The second-order valence-electron chi connectivity index (χ2n) is 2.04. The third kappa shape index (κ3) is 1.21. The molecule has 3 N–H and O–H groups in total. The molecule has 0 spiro atoms. The Bertz CT molecular complexity index is 199. The smallest absolute Gasteiger partial charge is 0.296 e. The van der Waals surface area contributed by atoms with Crippen molar-refractivity contribution in [3.63, 3.8) is 0 Å². The molecule has 0 bridgehead atoms. The number of nitrogens with zero attached hydrogens (tertiary/aromatic N) is 1. The molecule has 0 fully saturated rings. The topological polar surface area (TPSA) is 54.9 Å². The van der Waals surface area contributed by atoms with Gasteiger partial charge in [-0.05, 0) is 6.92 Å². The summed E-state index contributed by atoms with van der Waals surface area (Å²) in [4.78, 5) is 0. The van der Waals surface area contributed by atoms with Crippen LogP contribution in [0, 0.1) is 0 Å². The molecule has 1 heterocycles. The number of aromatic amines is 1. The number of aromatic nitrogens is 2. The second-order valence-corrected chi connectivity index (χ2v) is 2.04. The number of hydrogen-bond acceptors (Lipinski definition) is 2. The van der Waals surface area contributed by atoms with Gasteiger partial charge in [0.05, 0.1) is 12.7 Å². The quantitative estimate of drug-likeness (QED) is 0.563. The van der Waals surface area contributed by atoms with Crippen molar-refractivity contribution >= 4 is 5.82 Å². The predicted molar refractivity (Wildman–Crippen MR) is 37.6 cm³/mol. The van der Waals surface area contributed by atoms with Gasteiger partial charge in [0.2, 0.25) is 5.88 Å². The third-order valence-electron chi connectivity index (χ3n) is 1.24. The fourth-order valence-corrected chi connectivity index (χ4v) is 0.723. The molecular formula is C6H12N3O+. The van der Waals surface area contributed by atoms with Gasteiger partial charge >= 0.3 is 0 Å². The fraction of sp³-hybridized carbons (Fsp3) is 0.500. The van der Waals surface area contributed by atoms with E-state index in [-0.39, 0.29) is 0 Å². The van der Waals surface area contributed by atoms with Crippen LogP contribution in [0.1, 0.15) is 6.92 Å². The Labute approximate surface area is 59.6 Å². The zero-order valence-corrected chi connectivity index (χ0v) is 6.22. The van der Waals surface area contributed by atoms with Gasteiger partial charge in [-0.25, -0.2) is 0 Å². The molecule has 0 aromatic carbocycles. The molecule has 0 aliphatic rings. The first-order valence-electron chi connectivity index (χ1n) is 3.21. The van der Waals surface area contributed by atoms with E-state index in [1.807, 2.05) is 14.0 Å². The van der Waals surface area contributed by atoms with Crippen LogP contribution in [0.15, 0.2) is 6.07 Å². The normalized spacial score (nSPS) is 9.80. The number of ether oxygens (including phenoxy) is 1. The average Bonchev–Trinajstić information content (AvgIpc) is 2.14. The molecule has 4 heteroatoms. The molecule has 0 amide bonds. The highest BCUT2D eigenvalue weighted by atomic mass is 16.5. The van der Waals surface area contributed by atoms with E-state index in [9.17, 15) is 0 Å². The van der Waals surface area contributed by atoms with Crippen LogP contribution in [-0.4, -0.2) is 11.7 Å². The number of aryl methyl sites for hydroxylation is 1. The monoisotopic (exact) mass is 142 g/mol. The molecule has 0 atom stereocenters. The van der Waals surface area contributed by atoms with E-state index in [1.54, 1.807) is 10.7 Å². The molecule has 4 nitrogen and oxygen atoms in total. The van der Waals surface area contributed by atoms with Crippen molar-refractivity contribution in [2.24, 2.45) is 7.05 Å². The van der Waals surface area contributed by atoms with Crippen molar-refractivity contribution in [2.75, 3.05) is 12.3 Å². The number of H-pyrrole nitrogens is 1. The highest BCUT2D eigenvalue weighted by Gasteiger charge is 2.04. The molecule has 10 heavy (non-hydrogen) atoms. The van der Waals surface area contributed by atoms with Crippen LogP contribution in [-0.2, 0) is 7.05 Å². The molecule has 0 unspecified atom stereocenters. The summed E-state index contributed by atoms with van der Waals surface area (Å²) in [5.74, 6) is 1.38. The summed E-state index contributed by atoms with van der Waals surface area (Å²) in [6.07, 6.45) is 0. The van der Waals surface area contributed by atoms with E-state index < -0.39 is 0 Å². The summed E-state index contributed by atoms with van der Waals surface area (Å²) < 4.78 is 6.85. The zero-order chi connectivity index (χ0) is 7.56. The molecule has 0 saturated heterocycles. The summed E-state index contributed by atoms with van der Waals surface area (Å²) in [6.45, 7) is 2.58. The minimum Gasteiger partial charge on any atom is -0.477 e. The van der Waals surface area contributed by atoms with Crippen molar-refractivity contribution in [1.29, 1.82) is 0 Å². The van der Waals surface area contributed by atoms with Gasteiger partial charge in [0.15, 0.2) is 0 Å². The van der Waals surface area contributed by atoms with Gasteiger partial charge in [0, 0.05) is 0 Å². The Balaban J connectivity index is 2.77. The number of hydrogen-bond donors (Lipinski definition) is 2. The highest BCUT2D eigenvalue weighted by Crippen LogP contribution is 2.05. The number of rotatable bonds is 2. The average molecular weight is 142 g/mol. The molecule has 1 aromatic rings. The Morgan fingerprint density at radius 3 is 2.90 bits per heavy atom. The Morgan fingerprint density at radius 1 is 1.80 bits per heavy atom. The SMILES string of the molecule is CCOc1cc(N)[n+](C)[nH]1. The third-order valence-corrected chi connectivity index (χ3v) is 1.24. The van der Waals surface area contributed by atoms with Gasteiger partial charge in [-0.2, -0.15) is 9.78 Å². The minimum absolute atomic E-state index is 0.653. The summed E-state index contributed by atoms with van der Waals surface area (Å²) in [5, 5.41) is 2.91. The van der Waals surface area contributed by atoms with Crippen molar-refractivity contribution in [3.8, 4) is 5.88 Å². The lowest BCUT2D eigenvalue weighted by Gasteiger charge is -1.93. The summed E-state index contributed by atoms with van der Waals surface area (Å²) in [5.41, 5.74) is 5.52. The zero-order valence-electron chi connectivity index (χ0n) is 6.22. The number of nitrogens with one attached hydrogen (secondary N) is 1. The van der Waals surface area contributed by atoms with Crippen LogP contribution >= 0.6 is 0 Å². The van der Waals surface area contributed by atoms with E-state index in [0.29, 0.717) is 18.3 Å². The molecule has 1 aromatic heterocycles. The van der Waals surface area contributed by atoms with Crippen molar-refractivity contribution < 1.29 is 9.42 Å². The second kappa shape index (κ2) is 2.60. The van der Waals surface area contributed by atoms with Gasteiger partial charge in [-0.1, -0.05) is 0 Å². The summed E-state index contributed by atoms with van der Waals surface area (Å²) in [6, 6.07) is 1.75. The van der Waals surface area contributed by atoms with E-state index in [0.717, 1.165) is 0 Å². The van der Waals surface area contributed by atoms with Crippen LogP contribution in [0.5, 0.6) is 5.88 Å². The van der Waals surface area contributed by atoms with Crippen molar-refractivity contribution in [2.45, 2.75) is 6.92 Å². The maximum atomic E-state index is 5.52. The van der Waals surface area contributed by atoms with Crippen molar-refractivity contribution in [1.82, 2.24) is 5.10 Å². The lowest BCUT2D eigenvalue weighted by Crippen LogP contribution is -2.32. The van der Waals surface area contributed by atoms with Gasteiger partial charge < -0.3 is 4.74 Å². The predicted octanol–water partition coefficient (Wildman–Crippen LogP) is -0.180. The summed E-state index contributed by atoms with van der Waals surface area (Å²) >= 11 is 0. The van der Waals surface area contributed by atoms with Crippen LogP contribution in [0.2, 0.25) is 0 Å². The molecule has 0 aliphatic heterocycles. The standard InChI is InChI=1S/C6H11N3O/c1-3-10-6-4-5(7)9(2)8-6/h4H,3H2,1-2H3,(H2,7,8)/p+1. The molecule has 1 rings (SSSR count). The van der Waals surface area contributed by atoms with E-state index >= 15 is 0 Å². The largest absolute Gasteiger partial charge is 0.477 e. The fourth-order valence-electron chi connectivity index (χ4n) is 0.723. The first-order valence-corrected chi connectivity index (χ1v) is 3.21. The highest BCUT2D eigenvalue weighted by molar-refractivity contribution is 5.25. The first kappa shape index (κ1) is 6.92. The Hall–Kier alpha value is -1.19. The summed E-state index contributed by atoms with van der Waals surface area (Å²) in [7, 11) is 1.83. The van der Waals surface area contributed by atoms with Gasteiger partial charge in [-0.3, -0.25) is 5.73 Å². The van der Waals surface area contributed by atoms with Crippen LogP contribution in [0.3, 0.4) is 0 Å². The molecule has 0 aliphatic carbocycles. The number of nitrogens with two attached hydrogens (primary N) is 1. The van der Waals surface area contributed by atoms with E-state index in [2.05, 4.69) is 5.10 Å². The lowest BCUT2D eigenvalue weighted by molar-refractivity contribution is -0.713. The number of anilines is 1. The van der Waals surface area contributed by atoms with Crippen molar-refractivity contribution in [3.05, 3.63) is 6.07 Å². The molecule has 0 radical (unpaired) electrons. The minimum atomic E-state index is 0.653. The van der Waals surface area contributed by atoms with Gasteiger partial charge in [0.1, 0.15) is 7.05 Å². The number of nitrogen functional groups attached to an aromatic ring is 1. The molecule has 0 saturated carbocycles. The van der Waals surface area contributed by atoms with E-state index in [4.69, 9.17) is 10.5 Å². The van der Waals surface area contributed by atoms with Gasteiger partial charge in [0.25, 0.3) is 5.82 Å². The van der Waals surface area contributed by atoms with Gasteiger partial charge in [-0.15, -0.1) is 0 Å². The van der Waals surface area contributed by atoms with Crippen LogP contribution < -0.4 is 15.2 Å². The Morgan fingerprint density at radius 2 is 2.50 bits per heavy atom. The van der Waals surface area contributed by atoms with Crippen LogP contribution in [0.25, 0.3) is 0 Å². The molecular weight excluding hydrogens is 130 g/mol. The Kier molecular flexibility index (Phi) is 1.80.